The van der Waals surface area contributed by atoms with Gasteiger partial charge in [-0.2, -0.15) is 0 Å². The molecule has 0 aromatic heterocycles. The Kier molecular flexibility index (Phi) is 10.3. The molecule has 1 fully saturated rings. The number of anilines is 1. The Hall–Kier alpha value is -5.35. The Balaban J connectivity index is 1.17. The number of nitrogens with zero attached hydrogens (tertiary/aromatic N) is 1. The van der Waals surface area contributed by atoms with Gasteiger partial charge in [-0.05, 0) is 81.2 Å². The van der Waals surface area contributed by atoms with Gasteiger partial charge in [0, 0.05) is 30.3 Å². The molecular weight excluding hydrogens is 693 g/mol. The Morgan fingerprint density at radius 3 is 1.93 bits per heavy atom. The molecule has 0 radical (unpaired) electrons. The summed E-state index contributed by atoms with van der Waals surface area (Å²) in [6, 6.07) is 53.1. The van der Waals surface area contributed by atoms with E-state index in [0.29, 0.717) is 24.3 Å². The van der Waals surface area contributed by atoms with Gasteiger partial charge in [-0.25, -0.2) is 8.42 Å². The molecule has 1 aliphatic rings. The van der Waals surface area contributed by atoms with Crippen molar-refractivity contribution < 1.29 is 23.0 Å². The first kappa shape index (κ1) is 35.7. The molecule has 7 aromatic carbocycles. The average molecular weight is 735 g/mol. The first-order chi connectivity index (χ1) is 26.4. The molecule has 8 rings (SSSR count). The summed E-state index contributed by atoms with van der Waals surface area (Å²) >= 11 is 0. The predicted octanol–water partition coefficient (Wildman–Crippen LogP) is 9.36. The molecule has 8 heteroatoms. The van der Waals surface area contributed by atoms with E-state index in [-0.39, 0.29) is 23.5 Å². The highest BCUT2D eigenvalue weighted by atomic mass is 32.2. The monoisotopic (exact) mass is 734 g/mol. The summed E-state index contributed by atoms with van der Waals surface area (Å²) in [5.41, 5.74) is 5.23. The fourth-order valence-electron chi connectivity index (χ4n) is 7.65. The van der Waals surface area contributed by atoms with Crippen LogP contribution in [-0.4, -0.2) is 38.1 Å². The minimum absolute atomic E-state index is 0.0540. The van der Waals surface area contributed by atoms with Crippen LogP contribution < -0.4 is 4.72 Å². The molecule has 0 spiro atoms. The normalized spacial score (nSPS) is 18.9. The molecule has 2 N–H and O–H groups in total. The van der Waals surface area contributed by atoms with Crippen molar-refractivity contribution in [1.82, 2.24) is 4.90 Å². The van der Waals surface area contributed by atoms with E-state index < -0.39 is 22.4 Å². The first-order valence-corrected chi connectivity index (χ1v) is 19.7. The Morgan fingerprint density at radius 2 is 1.26 bits per heavy atom. The zero-order valence-electron chi connectivity index (χ0n) is 30.0. The minimum atomic E-state index is -3.81. The van der Waals surface area contributed by atoms with Crippen LogP contribution in [0.5, 0.6) is 0 Å². The van der Waals surface area contributed by atoms with Crippen LogP contribution in [0.3, 0.4) is 0 Å². The molecule has 0 bridgehead atoms. The van der Waals surface area contributed by atoms with Crippen LogP contribution in [0, 0.1) is 0 Å². The van der Waals surface area contributed by atoms with Gasteiger partial charge in [-0.1, -0.05) is 133 Å². The van der Waals surface area contributed by atoms with Crippen LogP contribution in [0.1, 0.15) is 46.1 Å². The number of aliphatic hydroxyl groups excluding tert-OH is 1. The third-order valence-electron chi connectivity index (χ3n) is 10.2. The topological polar surface area (TPSA) is 88.1 Å². The number of sulfonamides is 1. The summed E-state index contributed by atoms with van der Waals surface area (Å²) in [6.07, 6.45) is -1.55. The zero-order valence-corrected chi connectivity index (χ0v) is 30.8. The van der Waals surface area contributed by atoms with Gasteiger partial charge in [-0.3, -0.25) is 9.62 Å². The van der Waals surface area contributed by atoms with Gasteiger partial charge in [0.2, 0.25) is 0 Å². The molecule has 0 aliphatic carbocycles. The van der Waals surface area contributed by atoms with Crippen molar-refractivity contribution in [3.63, 3.8) is 0 Å². The maximum atomic E-state index is 13.3. The Morgan fingerprint density at radius 1 is 0.648 bits per heavy atom. The highest BCUT2D eigenvalue weighted by molar-refractivity contribution is 7.92. The molecule has 272 valence electrons. The first-order valence-electron chi connectivity index (χ1n) is 18.2. The standard InChI is InChI=1S/C46H42N2O5S/c1-48(29-42-40-21-10-8-15-35(40)27-36-16-9-11-22-41(36)42)30-43-44(33-13-4-2-5-14-33)45(34-25-23-32(31-49)24-26-34)53-46(52-43)37-17-12-18-38(28-37)47-54(50,51)39-19-6-3-7-20-39/h2-28,43-47,49H,29-31H2,1H3. The fraction of sp³-hybridized carbons (Fsp3) is 0.174. The number of aliphatic hydroxyl groups is 1. The third kappa shape index (κ3) is 7.53. The Labute approximate surface area is 316 Å². The van der Waals surface area contributed by atoms with Gasteiger partial charge < -0.3 is 14.6 Å². The molecule has 1 saturated heterocycles. The molecule has 54 heavy (non-hydrogen) atoms. The van der Waals surface area contributed by atoms with Crippen LogP contribution in [0.15, 0.2) is 169 Å². The number of rotatable bonds is 11. The van der Waals surface area contributed by atoms with E-state index in [9.17, 15) is 13.5 Å². The van der Waals surface area contributed by atoms with E-state index in [1.165, 1.54) is 27.1 Å². The maximum Gasteiger partial charge on any atom is 0.261 e. The highest BCUT2D eigenvalue weighted by Crippen LogP contribution is 2.47. The number of fused-ring (bicyclic) bond motifs is 2. The van der Waals surface area contributed by atoms with Crippen LogP contribution in [0.25, 0.3) is 21.5 Å². The van der Waals surface area contributed by atoms with Crippen molar-refractivity contribution in [2.75, 3.05) is 18.3 Å². The number of hydrogen-bond donors (Lipinski definition) is 2. The lowest BCUT2D eigenvalue weighted by Crippen LogP contribution is -2.43. The van der Waals surface area contributed by atoms with Crippen molar-refractivity contribution in [3.8, 4) is 0 Å². The van der Waals surface area contributed by atoms with Gasteiger partial charge in [-0.15, -0.1) is 0 Å². The van der Waals surface area contributed by atoms with Crippen LogP contribution >= 0.6 is 0 Å². The second-order valence-electron chi connectivity index (χ2n) is 13.9. The van der Waals surface area contributed by atoms with Crippen molar-refractivity contribution in [2.24, 2.45) is 0 Å². The molecular formula is C46H42N2O5S. The minimum Gasteiger partial charge on any atom is -0.392 e. The van der Waals surface area contributed by atoms with Crippen molar-refractivity contribution in [1.29, 1.82) is 0 Å². The summed E-state index contributed by atoms with van der Waals surface area (Å²) in [7, 11) is -1.68. The smallest absolute Gasteiger partial charge is 0.261 e. The largest absolute Gasteiger partial charge is 0.392 e. The number of likely N-dealkylation sites (N-methyl/N-ethyl adjacent to an activating group) is 1. The van der Waals surface area contributed by atoms with Crippen molar-refractivity contribution >= 4 is 37.3 Å². The van der Waals surface area contributed by atoms with Gasteiger partial charge >= 0.3 is 0 Å². The summed E-state index contributed by atoms with van der Waals surface area (Å²) in [5.74, 6) is -0.186. The SMILES string of the molecule is CN(Cc1c2ccccc2cc2ccccc12)CC1OC(c2cccc(NS(=O)(=O)c3ccccc3)c2)OC(c2ccc(CO)cc2)C1c1ccccc1. The van der Waals surface area contributed by atoms with E-state index in [4.69, 9.17) is 9.47 Å². The lowest BCUT2D eigenvalue weighted by molar-refractivity contribution is -0.263. The Bertz CT molecular complexity index is 2420. The molecule has 4 unspecified atom stereocenters. The number of nitrogens with one attached hydrogen (secondary N) is 1. The van der Waals surface area contributed by atoms with Gasteiger partial charge in [0.25, 0.3) is 10.0 Å². The van der Waals surface area contributed by atoms with E-state index in [0.717, 1.165) is 16.7 Å². The van der Waals surface area contributed by atoms with E-state index in [1.807, 2.05) is 54.6 Å². The van der Waals surface area contributed by atoms with Gasteiger partial charge in [0.05, 0.1) is 23.7 Å². The van der Waals surface area contributed by atoms with Crippen molar-refractivity contribution in [2.45, 2.75) is 42.5 Å². The second kappa shape index (κ2) is 15.6. The summed E-state index contributed by atoms with van der Waals surface area (Å²) in [5, 5.41) is 14.7. The fourth-order valence-corrected chi connectivity index (χ4v) is 8.72. The number of hydrogen-bond acceptors (Lipinski definition) is 6. The predicted molar refractivity (Wildman–Crippen MR) is 214 cm³/mol. The molecule has 7 nitrogen and oxygen atoms in total. The van der Waals surface area contributed by atoms with Crippen LogP contribution in [0.2, 0.25) is 0 Å². The van der Waals surface area contributed by atoms with Crippen molar-refractivity contribution in [3.05, 3.63) is 192 Å². The molecule has 0 amide bonds. The van der Waals surface area contributed by atoms with Crippen LogP contribution in [-0.2, 0) is 32.6 Å². The molecule has 1 aliphatic heterocycles. The second-order valence-corrected chi connectivity index (χ2v) is 15.6. The summed E-state index contributed by atoms with van der Waals surface area (Å²) in [4.78, 5) is 2.51. The van der Waals surface area contributed by atoms with Gasteiger partial charge in [0.1, 0.15) is 0 Å². The van der Waals surface area contributed by atoms with Crippen LogP contribution in [0.4, 0.5) is 5.69 Å². The summed E-state index contributed by atoms with van der Waals surface area (Å²) < 4.78 is 43.2. The lowest BCUT2D eigenvalue weighted by Gasteiger charge is -2.44. The van der Waals surface area contributed by atoms with E-state index >= 15 is 0 Å². The van der Waals surface area contributed by atoms with E-state index in [2.05, 4.69) is 83.4 Å². The molecule has 0 saturated carbocycles. The van der Waals surface area contributed by atoms with Gasteiger partial charge in [0.15, 0.2) is 6.29 Å². The maximum absolute atomic E-state index is 13.3. The molecule has 1 heterocycles. The molecule has 4 atom stereocenters. The zero-order chi connectivity index (χ0) is 37.1. The lowest BCUT2D eigenvalue weighted by atomic mass is 9.83. The van der Waals surface area contributed by atoms with E-state index in [1.54, 1.807) is 42.5 Å². The quantitative estimate of drug-likeness (QED) is 0.129. The highest BCUT2D eigenvalue weighted by Gasteiger charge is 2.42. The number of benzene rings is 7. The third-order valence-corrected chi connectivity index (χ3v) is 11.6. The molecule has 7 aromatic rings. The average Bonchev–Trinajstić information content (AvgIpc) is 3.21. The summed E-state index contributed by atoms with van der Waals surface area (Å²) in [6.45, 7) is 1.23. The number of ether oxygens (including phenoxy) is 2.